The lowest BCUT2D eigenvalue weighted by atomic mass is 10.2. The molecule has 6 heteroatoms. The average Bonchev–Trinajstić information content (AvgIpc) is 2.99. The number of rotatable bonds is 7. The standard InChI is InChI=1S/C12H21F3N2O/c13-12(14,15)9-17(10-3-4-10)6-5-16-8-11-2-1-7-18-11/h10-11,16H,1-9H2. The fourth-order valence-electron chi connectivity index (χ4n) is 2.35. The van der Waals surface area contributed by atoms with Crippen LogP contribution in [0.15, 0.2) is 0 Å². The van der Waals surface area contributed by atoms with Gasteiger partial charge in [-0.3, -0.25) is 4.90 Å². The Morgan fingerprint density at radius 3 is 2.56 bits per heavy atom. The second-order valence-corrected chi connectivity index (χ2v) is 5.16. The molecule has 1 atom stereocenters. The number of alkyl halides is 3. The van der Waals surface area contributed by atoms with Crippen molar-refractivity contribution in [3.63, 3.8) is 0 Å². The first-order chi connectivity index (χ1) is 8.54. The van der Waals surface area contributed by atoms with Crippen molar-refractivity contribution in [2.75, 3.05) is 32.8 Å². The summed E-state index contributed by atoms with van der Waals surface area (Å²) in [5, 5.41) is 3.19. The van der Waals surface area contributed by atoms with Gasteiger partial charge in [0.05, 0.1) is 12.6 Å². The number of hydrogen-bond donors (Lipinski definition) is 1. The van der Waals surface area contributed by atoms with Crippen LogP contribution in [0.25, 0.3) is 0 Å². The highest BCUT2D eigenvalue weighted by atomic mass is 19.4. The predicted octanol–water partition coefficient (Wildman–Crippen LogP) is 1.78. The highest BCUT2D eigenvalue weighted by molar-refractivity contribution is 4.86. The quantitative estimate of drug-likeness (QED) is 0.711. The molecule has 1 aliphatic carbocycles. The third kappa shape index (κ3) is 5.12. The zero-order valence-corrected chi connectivity index (χ0v) is 10.5. The third-order valence-corrected chi connectivity index (χ3v) is 3.42. The van der Waals surface area contributed by atoms with Gasteiger partial charge < -0.3 is 10.1 Å². The summed E-state index contributed by atoms with van der Waals surface area (Å²) in [5.74, 6) is 0. The minimum atomic E-state index is -4.09. The molecular weight excluding hydrogens is 245 g/mol. The Labute approximate surface area is 106 Å². The molecule has 0 spiro atoms. The molecule has 1 saturated carbocycles. The van der Waals surface area contributed by atoms with Crippen molar-refractivity contribution in [3.05, 3.63) is 0 Å². The van der Waals surface area contributed by atoms with E-state index in [2.05, 4.69) is 5.32 Å². The van der Waals surface area contributed by atoms with Crippen LogP contribution >= 0.6 is 0 Å². The van der Waals surface area contributed by atoms with Crippen LogP contribution in [-0.2, 0) is 4.74 Å². The van der Waals surface area contributed by atoms with Crippen LogP contribution in [0.5, 0.6) is 0 Å². The van der Waals surface area contributed by atoms with Crippen molar-refractivity contribution in [3.8, 4) is 0 Å². The van der Waals surface area contributed by atoms with E-state index in [9.17, 15) is 13.2 Å². The molecule has 0 radical (unpaired) electrons. The van der Waals surface area contributed by atoms with E-state index in [0.29, 0.717) is 13.1 Å². The van der Waals surface area contributed by atoms with Crippen molar-refractivity contribution in [1.82, 2.24) is 10.2 Å². The molecule has 106 valence electrons. The van der Waals surface area contributed by atoms with E-state index in [0.717, 1.165) is 38.8 Å². The van der Waals surface area contributed by atoms with Crippen molar-refractivity contribution in [1.29, 1.82) is 0 Å². The number of halogens is 3. The molecule has 1 N–H and O–H groups in total. The van der Waals surface area contributed by atoms with E-state index in [1.165, 1.54) is 0 Å². The minimum Gasteiger partial charge on any atom is -0.377 e. The van der Waals surface area contributed by atoms with Crippen LogP contribution in [0, 0.1) is 0 Å². The van der Waals surface area contributed by atoms with Crippen LogP contribution in [0.1, 0.15) is 25.7 Å². The fourth-order valence-corrected chi connectivity index (χ4v) is 2.35. The van der Waals surface area contributed by atoms with Gasteiger partial charge in [0.1, 0.15) is 0 Å². The monoisotopic (exact) mass is 266 g/mol. The van der Waals surface area contributed by atoms with E-state index in [1.54, 1.807) is 4.90 Å². The molecule has 0 aromatic heterocycles. The summed E-state index contributed by atoms with van der Waals surface area (Å²) in [6, 6.07) is 0.149. The first-order valence-electron chi connectivity index (χ1n) is 6.68. The third-order valence-electron chi connectivity index (χ3n) is 3.42. The molecule has 2 rings (SSSR count). The maximum Gasteiger partial charge on any atom is 0.401 e. The molecule has 18 heavy (non-hydrogen) atoms. The maximum absolute atomic E-state index is 12.4. The van der Waals surface area contributed by atoms with E-state index >= 15 is 0 Å². The van der Waals surface area contributed by atoms with Gasteiger partial charge in [0.15, 0.2) is 0 Å². The van der Waals surface area contributed by atoms with Crippen LogP contribution in [0.3, 0.4) is 0 Å². The Bertz CT molecular complexity index is 250. The lowest BCUT2D eigenvalue weighted by molar-refractivity contribution is -0.147. The van der Waals surface area contributed by atoms with Gasteiger partial charge in [-0.1, -0.05) is 0 Å². The maximum atomic E-state index is 12.4. The highest BCUT2D eigenvalue weighted by Gasteiger charge is 2.37. The summed E-state index contributed by atoms with van der Waals surface area (Å²) < 4.78 is 42.5. The topological polar surface area (TPSA) is 24.5 Å². The van der Waals surface area contributed by atoms with Crippen molar-refractivity contribution < 1.29 is 17.9 Å². The molecule has 3 nitrogen and oxygen atoms in total. The zero-order chi connectivity index (χ0) is 13.0. The molecule has 2 fully saturated rings. The van der Waals surface area contributed by atoms with Gasteiger partial charge in [-0.25, -0.2) is 0 Å². The molecular formula is C12H21F3N2O. The SMILES string of the molecule is FC(F)(F)CN(CCNCC1CCCO1)C1CC1. The first-order valence-corrected chi connectivity index (χ1v) is 6.68. The second kappa shape index (κ2) is 6.21. The van der Waals surface area contributed by atoms with E-state index in [1.807, 2.05) is 0 Å². The number of hydrogen-bond acceptors (Lipinski definition) is 3. The molecule has 1 heterocycles. The number of nitrogens with one attached hydrogen (secondary N) is 1. The molecule has 0 aromatic carbocycles. The fraction of sp³-hybridized carbons (Fsp3) is 1.00. The van der Waals surface area contributed by atoms with Crippen LogP contribution < -0.4 is 5.32 Å². The molecule has 0 amide bonds. The highest BCUT2D eigenvalue weighted by Crippen LogP contribution is 2.29. The number of nitrogens with zero attached hydrogens (tertiary/aromatic N) is 1. The molecule has 1 aliphatic heterocycles. The van der Waals surface area contributed by atoms with Crippen molar-refractivity contribution >= 4 is 0 Å². The van der Waals surface area contributed by atoms with Crippen LogP contribution in [0.4, 0.5) is 13.2 Å². The Balaban J connectivity index is 1.60. The Morgan fingerprint density at radius 2 is 2.00 bits per heavy atom. The summed E-state index contributed by atoms with van der Waals surface area (Å²) in [7, 11) is 0. The molecule has 0 aromatic rings. The van der Waals surface area contributed by atoms with Crippen molar-refractivity contribution in [2.24, 2.45) is 0 Å². The van der Waals surface area contributed by atoms with Gasteiger partial charge in [-0.2, -0.15) is 13.2 Å². The summed E-state index contributed by atoms with van der Waals surface area (Å²) in [5.41, 5.74) is 0. The Hall–Kier alpha value is -0.330. The van der Waals surface area contributed by atoms with E-state index in [-0.39, 0.29) is 12.1 Å². The first kappa shape index (κ1) is 14.1. The minimum absolute atomic E-state index is 0.149. The van der Waals surface area contributed by atoms with Gasteiger partial charge in [0, 0.05) is 32.3 Å². The second-order valence-electron chi connectivity index (χ2n) is 5.16. The zero-order valence-electron chi connectivity index (χ0n) is 10.5. The lowest BCUT2D eigenvalue weighted by Gasteiger charge is -2.23. The van der Waals surface area contributed by atoms with Crippen LogP contribution in [-0.4, -0.2) is 56.0 Å². The normalized spacial score (nSPS) is 25.0. The molecule has 2 aliphatic rings. The van der Waals surface area contributed by atoms with Crippen LogP contribution in [0.2, 0.25) is 0 Å². The van der Waals surface area contributed by atoms with Gasteiger partial charge in [-0.15, -0.1) is 0 Å². The van der Waals surface area contributed by atoms with Gasteiger partial charge in [-0.05, 0) is 25.7 Å². The summed E-state index contributed by atoms with van der Waals surface area (Å²) >= 11 is 0. The van der Waals surface area contributed by atoms with E-state index in [4.69, 9.17) is 4.74 Å². The Kier molecular flexibility index (Phi) is 4.86. The number of ether oxygens (including phenoxy) is 1. The summed E-state index contributed by atoms with van der Waals surface area (Å²) in [4.78, 5) is 1.54. The average molecular weight is 266 g/mol. The van der Waals surface area contributed by atoms with Gasteiger partial charge in [0.2, 0.25) is 0 Å². The smallest absolute Gasteiger partial charge is 0.377 e. The lowest BCUT2D eigenvalue weighted by Crippen LogP contribution is -2.41. The summed E-state index contributed by atoms with van der Waals surface area (Å²) in [6.07, 6.45) is 0.124. The molecule has 1 unspecified atom stereocenters. The van der Waals surface area contributed by atoms with Gasteiger partial charge >= 0.3 is 6.18 Å². The molecule has 1 saturated heterocycles. The summed E-state index contributed by atoms with van der Waals surface area (Å²) in [6.45, 7) is 1.86. The van der Waals surface area contributed by atoms with Crippen molar-refractivity contribution in [2.45, 2.75) is 44.0 Å². The molecule has 0 bridgehead atoms. The predicted molar refractivity (Wildman–Crippen MR) is 62.5 cm³/mol. The van der Waals surface area contributed by atoms with Gasteiger partial charge in [0.25, 0.3) is 0 Å². The largest absolute Gasteiger partial charge is 0.401 e. The van der Waals surface area contributed by atoms with E-state index < -0.39 is 12.7 Å². The Morgan fingerprint density at radius 1 is 1.22 bits per heavy atom.